The summed E-state index contributed by atoms with van der Waals surface area (Å²) in [6.45, 7) is 3.57. The van der Waals surface area contributed by atoms with Gasteiger partial charge in [0.05, 0.1) is 24.3 Å². The van der Waals surface area contributed by atoms with Crippen molar-refractivity contribution >= 4 is 29.2 Å². The Bertz CT molecular complexity index is 1240. The zero-order valence-corrected chi connectivity index (χ0v) is 17.7. The van der Waals surface area contributed by atoms with Crippen molar-refractivity contribution in [2.45, 2.75) is 19.9 Å². The first-order valence-electron chi connectivity index (χ1n) is 9.81. The van der Waals surface area contributed by atoms with Crippen LogP contribution in [0, 0.1) is 13.8 Å². The van der Waals surface area contributed by atoms with Crippen molar-refractivity contribution in [1.29, 1.82) is 0 Å². The van der Waals surface area contributed by atoms with E-state index in [1.807, 2.05) is 6.92 Å². The standard InChI is InChI=1S/C24H20N2O6/c1-13-4-6-16(7-5-13)21(27)19-20(15-8-10-17(11-9-15)24(30)31-3)26(23(29)22(19)28)18-12-14(2)32-25-18/h4-12,20,27H,1-3H3. The molecule has 1 atom stereocenters. The van der Waals surface area contributed by atoms with Gasteiger partial charge in [-0.2, -0.15) is 0 Å². The lowest BCUT2D eigenvalue weighted by Crippen LogP contribution is -2.29. The first-order valence-corrected chi connectivity index (χ1v) is 9.81. The van der Waals surface area contributed by atoms with E-state index in [1.165, 1.54) is 30.2 Å². The number of aliphatic hydroxyl groups excluding tert-OH is 1. The van der Waals surface area contributed by atoms with Gasteiger partial charge in [-0.3, -0.25) is 14.5 Å². The molecule has 1 aliphatic heterocycles. The molecule has 0 radical (unpaired) electrons. The summed E-state index contributed by atoms with van der Waals surface area (Å²) in [7, 11) is 1.28. The number of hydrogen-bond acceptors (Lipinski definition) is 7. The molecule has 2 heterocycles. The van der Waals surface area contributed by atoms with E-state index in [0.29, 0.717) is 22.5 Å². The Morgan fingerprint density at radius 1 is 1.03 bits per heavy atom. The Labute approximate surface area is 183 Å². The average molecular weight is 432 g/mol. The van der Waals surface area contributed by atoms with Crippen molar-refractivity contribution < 1.29 is 28.8 Å². The Morgan fingerprint density at radius 2 is 1.66 bits per heavy atom. The summed E-state index contributed by atoms with van der Waals surface area (Å²) < 4.78 is 9.83. The van der Waals surface area contributed by atoms with Crippen molar-refractivity contribution in [3.8, 4) is 0 Å². The van der Waals surface area contributed by atoms with Crippen LogP contribution in [-0.2, 0) is 14.3 Å². The number of carbonyl (C=O) groups is 3. The lowest BCUT2D eigenvalue weighted by Gasteiger charge is -2.23. The first-order chi connectivity index (χ1) is 15.3. The van der Waals surface area contributed by atoms with E-state index in [2.05, 4.69) is 5.16 Å². The summed E-state index contributed by atoms with van der Waals surface area (Å²) in [5.41, 5.74) is 2.12. The first kappa shape index (κ1) is 21.0. The number of carbonyl (C=O) groups excluding carboxylic acids is 3. The molecule has 1 fully saturated rings. The minimum atomic E-state index is -0.965. The number of Topliss-reactive ketones (excluding diaryl/α,β-unsaturated/α-hetero) is 1. The van der Waals surface area contributed by atoms with Crippen LogP contribution in [0.5, 0.6) is 0 Å². The second-order valence-electron chi connectivity index (χ2n) is 7.44. The van der Waals surface area contributed by atoms with Gasteiger partial charge >= 0.3 is 11.9 Å². The fourth-order valence-electron chi connectivity index (χ4n) is 3.64. The van der Waals surface area contributed by atoms with Crippen LogP contribution in [0.2, 0.25) is 0 Å². The van der Waals surface area contributed by atoms with E-state index in [-0.39, 0.29) is 17.2 Å². The van der Waals surface area contributed by atoms with Gasteiger partial charge in [0.15, 0.2) is 5.82 Å². The molecule has 1 saturated heterocycles. The van der Waals surface area contributed by atoms with Gasteiger partial charge < -0.3 is 14.4 Å². The summed E-state index contributed by atoms with van der Waals surface area (Å²) >= 11 is 0. The number of rotatable bonds is 4. The van der Waals surface area contributed by atoms with E-state index >= 15 is 0 Å². The molecule has 1 unspecified atom stereocenters. The second-order valence-corrected chi connectivity index (χ2v) is 7.44. The fraction of sp³-hybridized carbons (Fsp3) is 0.167. The van der Waals surface area contributed by atoms with E-state index in [0.717, 1.165) is 5.56 Å². The molecule has 8 nitrogen and oxygen atoms in total. The zero-order chi connectivity index (χ0) is 23.0. The van der Waals surface area contributed by atoms with Crippen LogP contribution >= 0.6 is 0 Å². The highest BCUT2D eigenvalue weighted by molar-refractivity contribution is 6.51. The number of ether oxygens (including phenoxy) is 1. The third kappa shape index (κ3) is 3.56. The SMILES string of the molecule is COC(=O)c1ccc(C2C(=C(O)c3ccc(C)cc3)C(=O)C(=O)N2c2cc(C)on2)cc1. The van der Waals surface area contributed by atoms with Crippen LogP contribution < -0.4 is 4.90 Å². The minimum absolute atomic E-state index is 0.0784. The third-order valence-electron chi connectivity index (χ3n) is 5.28. The van der Waals surface area contributed by atoms with Crippen molar-refractivity contribution in [1.82, 2.24) is 5.16 Å². The van der Waals surface area contributed by atoms with Crippen molar-refractivity contribution in [3.63, 3.8) is 0 Å². The van der Waals surface area contributed by atoms with E-state index < -0.39 is 23.7 Å². The number of aromatic nitrogens is 1. The summed E-state index contributed by atoms with van der Waals surface area (Å²) in [4.78, 5) is 39.0. The average Bonchev–Trinajstić information content (AvgIpc) is 3.34. The molecule has 1 amide bonds. The monoisotopic (exact) mass is 432 g/mol. The highest BCUT2D eigenvalue weighted by atomic mass is 16.5. The fourth-order valence-corrected chi connectivity index (χ4v) is 3.64. The number of methoxy groups -OCH3 is 1. The molecular formula is C24H20N2O6. The zero-order valence-electron chi connectivity index (χ0n) is 17.7. The molecule has 4 rings (SSSR count). The quantitative estimate of drug-likeness (QED) is 0.290. The number of ketones is 1. The van der Waals surface area contributed by atoms with Crippen molar-refractivity contribution in [2.75, 3.05) is 12.0 Å². The Balaban J connectivity index is 1.90. The van der Waals surface area contributed by atoms with Crippen molar-refractivity contribution in [3.05, 3.63) is 88.2 Å². The van der Waals surface area contributed by atoms with Crippen LogP contribution in [0.1, 0.15) is 38.9 Å². The van der Waals surface area contributed by atoms with Crippen LogP contribution in [0.15, 0.2) is 64.7 Å². The Kier molecular flexibility index (Phi) is 5.36. The predicted molar refractivity (Wildman–Crippen MR) is 115 cm³/mol. The summed E-state index contributed by atoms with van der Waals surface area (Å²) in [5, 5.41) is 14.9. The van der Waals surface area contributed by atoms with E-state index in [4.69, 9.17) is 9.26 Å². The Hall–Kier alpha value is -4.20. The maximum Gasteiger partial charge on any atom is 0.337 e. The predicted octanol–water partition coefficient (Wildman–Crippen LogP) is 3.70. The lowest BCUT2D eigenvalue weighted by molar-refractivity contribution is -0.132. The normalized spacial score (nSPS) is 17.6. The van der Waals surface area contributed by atoms with Gasteiger partial charge in [0.25, 0.3) is 5.78 Å². The second kappa shape index (κ2) is 8.14. The van der Waals surface area contributed by atoms with Crippen molar-refractivity contribution in [2.24, 2.45) is 0 Å². The number of esters is 1. The molecule has 1 N–H and O–H groups in total. The van der Waals surface area contributed by atoms with Crippen LogP contribution in [0.4, 0.5) is 5.82 Å². The summed E-state index contributed by atoms with van der Waals surface area (Å²) in [6.07, 6.45) is 0. The molecule has 2 aromatic carbocycles. The maximum atomic E-state index is 13.0. The highest BCUT2D eigenvalue weighted by Crippen LogP contribution is 2.41. The third-order valence-corrected chi connectivity index (χ3v) is 5.28. The molecule has 32 heavy (non-hydrogen) atoms. The van der Waals surface area contributed by atoms with Gasteiger partial charge in [-0.05, 0) is 31.5 Å². The number of nitrogens with zero attached hydrogens (tertiary/aromatic N) is 2. The van der Waals surface area contributed by atoms with Gasteiger partial charge in [-0.25, -0.2) is 4.79 Å². The lowest BCUT2D eigenvalue weighted by atomic mass is 9.94. The van der Waals surface area contributed by atoms with E-state index in [9.17, 15) is 19.5 Å². The maximum absolute atomic E-state index is 13.0. The van der Waals surface area contributed by atoms with Gasteiger partial charge in [-0.15, -0.1) is 0 Å². The van der Waals surface area contributed by atoms with Gasteiger partial charge in [0.2, 0.25) is 0 Å². The summed E-state index contributed by atoms with van der Waals surface area (Å²) in [5.74, 6) is -1.89. The number of hydrogen-bond donors (Lipinski definition) is 1. The molecule has 0 aliphatic carbocycles. The molecular weight excluding hydrogens is 412 g/mol. The Morgan fingerprint density at radius 3 is 2.22 bits per heavy atom. The molecule has 1 aromatic heterocycles. The number of aliphatic hydroxyl groups is 1. The number of aryl methyl sites for hydroxylation is 2. The van der Waals surface area contributed by atoms with Crippen LogP contribution in [0.3, 0.4) is 0 Å². The molecule has 0 saturated carbocycles. The van der Waals surface area contributed by atoms with E-state index in [1.54, 1.807) is 43.3 Å². The molecule has 0 bridgehead atoms. The molecule has 8 heteroatoms. The van der Waals surface area contributed by atoms with Crippen LogP contribution in [0.25, 0.3) is 5.76 Å². The number of amides is 1. The molecule has 3 aromatic rings. The number of anilines is 1. The van der Waals surface area contributed by atoms with Crippen LogP contribution in [-0.4, -0.2) is 35.0 Å². The molecule has 0 spiro atoms. The highest BCUT2D eigenvalue weighted by Gasteiger charge is 2.48. The smallest absolute Gasteiger partial charge is 0.337 e. The molecule has 162 valence electrons. The summed E-state index contributed by atoms with van der Waals surface area (Å²) in [6, 6.07) is 13.8. The topological polar surface area (TPSA) is 110 Å². The van der Waals surface area contributed by atoms with Gasteiger partial charge in [0, 0.05) is 11.6 Å². The minimum Gasteiger partial charge on any atom is -0.507 e. The molecule has 1 aliphatic rings. The van der Waals surface area contributed by atoms with Gasteiger partial charge in [0.1, 0.15) is 11.5 Å². The van der Waals surface area contributed by atoms with Gasteiger partial charge in [-0.1, -0.05) is 47.1 Å². The largest absolute Gasteiger partial charge is 0.507 e. The number of benzene rings is 2.